The third kappa shape index (κ3) is 5.15. The number of halogens is 6. The Balaban J connectivity index is 2.30. The molecule has 2 heterocycles. The zero-order chi connectivity index (χ0) is 17.3. The minimum absolute atomic E-state index is 0.125. The Morgan fingerprint density at radius 3 is 2.00 bits per heavy atom. The van der Waals surface area contributed by atoms with Gasteiger partial charge in [-0.05, 0) is 0 Å². The van der Waals surface area contributed by atoms with Gasteiger partial charge in [0.15, 0.2) is 17.4 Å². The lowest BCUT2D eigenvalue weighted by Gasteiger charge is -2.15. The number of furan rings is 1. The second kappa shape index (κ2) is 7.38. The van der Waals surface area contributed by atoms with Gasteiger partial charge in [-0.15, -0.1) is 0 Å². The summed E-state index contributed by atoms with van der Waals surface area (Å²) in [5.74, 6) is 1.28. The second-order valence-corrected chi connectivity index (χ2v) is 8.87. The number of nitrogens with zero attached hydrogens (tertiary/aromatic N) is 3. The summed E-state index contributed by atoms with van der Waals surface area (Å²) in [6, 6.07) is 1.70. The van der Waals surface area contributed by atoms with E-state index in [0.717, 1.165) is 0 Å². The Bertz CT molecular complexity index is 648. The lowest BCUT2D eigenvalue weighted by atomic mass is 10.2. The third-order valence-electron chi connectivity index (χ3n) is 2.69. The van der Waals surface area contributed by atoms with Crippen molar-refractivity contribution in [1.29, 1.82) is 0 Å². The summed E-state index contributed by atoms with van der Waals surface area (Å²) in [5, 5.41) is 0. The van der Waals surface area contributed by atoms with Crippen LogP contribution >= 0.6 is 69.6 Å². The SMILES string of the molecule is COc1ccoc1CCc1nc(C(Cl)(Cl)Cl)nc(C(Cl)(Cl)Cl)n1. The van der Waals surface area contributed by atoms with Crippen LogP contribution in [0.25, 0.3) is 0 Å². The number of methoxy groups -OCH3 is 1. The zero-order valence-electron chi connectivity index (χ0n) is 11.5. The van der Waals surface area contributed by atoms with Gasteiger partial charge in [0.05, 0.1) is 13.4 Å². The number of hydrogen-bond donors (Lipinski definition) is 0. The van der Waals surface area contributed by atoms with Crippen LogP contribution in [0.5, 0.6) is 5.75 Å². The molecule has 0 bridgehead atoms. The Morgan fingerprint density at radius 1 is 0.957 bits per heavy atom. The first-order valence-corrected chi connectivity index (χ1v) is 8.37. The molecule has 0 fully saturated rings. The summed E-state index contributed by atoms with van der Waals surface area (Å²) in [6.07, 6.45) is 2.30. The molecule has 23 heavy (non-hydrogen) atoms. The van der Waals surface area contributed by atoms with E-state index in [0.29, 0.717) is 30.2 Å². The Labute approximate surface area is 162 Å². The lowest BCUT2D eigenvalue weighted by Crippen LogP contribution is -2.18. The van der Waals surface area contributed by atoms with E-state index in [-0.39, 0.29) is 11.6 Å². The van der Waals surface area contributed by atoms with Crippen molar-refractivity contribution >= 4 is 69.6 Å². The summed E-state index contributed by atoms with van der Waals surface area (Å²) in [5.41, 5.74) is 0. The van der Waals surface area contributed by atoms with Crippen LogP contribution in [0.4, 0.5) is 0 Å². The van der Waals surface area contributed by atoms with Crippen molar-refractivity contribution < 1.29 is 9.15 Å². The molecule has 0 saturated heterocycles. The van der Waals surface area contributed by atoms with Gasteiger partial charge in [0.1, 0.15) is 11.6 Å². The van der Waals surface area contributed by atoms with Crippen molar-refractivity contribution in [2.75, 3.05) is 7.11 Å². The number of ether oxygens (including phenoxy) is 1. The smallest absolute Gasteiger partial charge is 0.250 e. The monoisotopic (exact) mass is 437 g/mol. The van der Waals surface area contributed by atoms with E-state index >= 15 is 0 Å². The zero-order valence-corrected chi connectivity index (χ0v) is 16.0. The Morgan fingerprint density at radius 2 is 1.52 bits per heavy atom. The predicted molar refractivity (Wildman–Crippen MR) is 91.0 cm³/mol. The van der Waals surface area contributed by atoms with Crippen LogP contribution in [0.3, 0.4) is 0 Å². The van der Waals surface area contributed by atoms with Crippen molar-refractivity contribution in [3.63, 3.8) is 0 Å². The molecule has 0 N–H and O–H groups in total. The van der Waals surface area contributed by atoms with E-state index in [1.54, 1.807) is 13.2 Å². The molecule has 0 aromatic carbocycles. The van der Waals surface area contributed by atoms with Crippen molar-refractivity contribution in [2.45, 2.75) is 20.4 Å². The highest BCUT2D eigenvalue weighted by molar-refractivity contribution is 6.67. The van der Waals surface area contributed by atoms with E-state index < -0.39 is 7.59 Å². The lowest BCUT2D eigenvalue weighted by molar-refractivity contribution is 0.390. The molecule has 5 nitrogen and oxygen atoms in total. The van der Waals surface area contributed by atoms with Gasteiger partial charge >= 0.3 is 0 Å². The van der Waals surface area contributed by atoms with Gasteiger partial charge in [0, 0.05) is 18.9 Å². The van der Waals surface area contributed by atoms with Crippen molar-refractivity contribution in [2.24, 2.45) is 0 Å². The topological polar surface area (TPSA) is 61.0 Å². The van der Waals surface area contributed by atoms with Crippen LogP contribution in [0.2, 0.25) is 0 Å². The van der Waals surface area contributed by atoms with Crippen LogP contribution in [-0.4, -0.2) is 22.1 Å². The molecule has 0 unspecified atom stereocenters. The van der Waals surface area contributed by atoms with Crippen LogP contribution < -0.4 is 4.74 Å². The maximum atomic E-state index is 5.81. The molecule has 2 rings (SSSR count). The first-order chi connectivity index (χ1) is 10.6. The summed E-state index contributed by atoms with van der Waals surface area (Å²) >= 11 is 34.9. The highest BCUT2D eigenvalue weighted by atomic mass is 35.6. The molecule has 11 heteroatoms. The molecule has 2 aromatic heterocycles. The number of alkyl halides is 6. The van der Waals surface area contributed by atoms with E-state index in [9.17, 15) is 0 Å². The quantitative estimate of drug-likeness (QED) is 0.633. The van der Waals surface area contributed by atoms with Gasteiger partial charge in [0.2, 0.25) is 7.59 Å². The van der Waals surface area contributed by atoms with Gasteiger partial charge in [-0.25, -0.2) is 15.0 Å². The van der Waals surface area contributed by atoms with Crippen LogP contribution in [0, 0.1) is 0 Å². The molecular formula is C12H9Cl6N3O2. The largest absolute Gasteiger partial charge is 0.493 e. The molecule has 0 amide bonds. The molecule has 0 atom stereocenters. The van der Waals surface area contributed by atoms with E-state index in [1.165, 1.54) is 6.26 Å². The molecule has 126 valence electrons. The molecule has 2 aromatic rings. The van der Waals surface area contributed by atoms with Crippen LogP contribution in [0.15, 0.2) is 16.7 Å². The fourth-order valence-corrected chi connectivity index (χ4v) is 2.21. The summed E-state index contributed by atoms with van der Waals surface area (Å²) in [7, 11) is 1.54. The predicted octanol–water partition coefficient (Wildman–Crippen LogP) is 4.91. The maximum Gasteiger partial charge on any atom is 0.250 e. The summed E-state index contributed by atoms with van der Waals surface area (Å²) in [4.78, 5) is 12.1. The van der Waals surface area contributed by atoms with E-state index in [1.807, 2.05) is 0 Å². The molecular weight excluding hydrogens is 431 g/mol. The fraction of sp³-hybridized carbons (Fsp3) is 0.417. The minimum atomic E-state index is -1.87. The molecule has 0 radical (unpaired) electrons. The van der Waals surface area contributed by atoms with Crippen molar-refractivity contribution in [3.05, 3.63) is 35.6 Å². The first kappa shape index (κ1) is 19.2. The number of aryl methyl sites for hydroxylation is 2. The van der Waals surface area contributed by atoms with Gasteiger partial charge in [-0.2, -0.15) is 0 Å². The highest BCUT2D eigenvalue weighted by Crippen LogP contribution is 2.40. The average molecular weight is 440 g/mol. The molecule has 0 aliphatic rings. The normalized spacial score (nSPS) is 12.5. The number of rotatable bonds is 4. The first-order valence-electron chi connectivity index (χ1n) is 6.11. The number of hydrogen-bond acceptors (Lipinski definition) is 5. The molecule has 0 saturated carbocycles. The Kier molecular flexibility index (Phi) is 6.15. The van der Waals surface area contributed by atoms with E-state index in [4.69, 9.17) is 78.8 Å². The van der Waals surface area contributed by atoms with Gasteiger partial charge in [-0.3, -0.25) is 0 Å². The summed E-state index contributed by atoms with van der Waals surface area (Å²) in [6.45, 7) is 0. The van der Waals surface area contributed by atoms with Gasteiger partial charge in [-0.1, -0.05) is 69.6 Å². The molecule has 0 aliphatic carbocycles. The third-order valence-corrected chi connectivity index (χ3v) is 3.70. The van der Waals surface area contributed by atoms with E-state index in [2.05, 4.69) is 15.0 Å². The Hall–Kier alpha value is -0.170. The average Bonchev–Trinajstić information content (AvgIpc) is 2.90. The second-order valence-electron chi connectivity index (χ2n) is 4.31. The highest BCUT2D eigenvalue weighted by Gasteiger charge is 2.33. The van der Waals surface area contributed by atoms with Crippen molar-refractivity contribution in [3.8, 4) is 5.75 Å². The maximum absolute atomic E-state index is 5.81. The summed E-state index contributed by atoms with van der Waals surface area (Å²) < 4.78 is 6.74. The van der Waals surface area contributed by atoms with Crippen molar-refractivity contribution in [1.82, 2.24) is 15.0 Å². The number of aromatic nitrogens is 3. The standard InChI is InChI=1S/C12H9Cl6N3O2/c1-22-6-4-5-23-7(6)2-3-8-19-9(11(13,14)15)21-10(20-8)12(16,17)18/h4-5H,2-3H2,1H3. The van der Waals surface area contributed by atoms with Crippen LogP contribution in [-0.2, 0) is 20.4 Å². The van der Waals surface area contributed by atoms with Crippen LogP contribution in [0.1, 0.15) is 23.2 Å². The molecule has 0 aliphatic heterocycles. The minimum Gasteiger partial charge on any atom is -0.493 e. The van der Waals surface area contributed by atoms with Gasteiger partial charge in [0.25, 0.3) is 0 Å². The fourth-order valence-electron chi connectivity index (χ4n) is 1.70. The molecule has 0 spiro atoms. The van der Waals surface area contributed by atoms with Gasteiger partial charge < -0.3 is 9.15 Å².